The summed E-state index contributed by atoms with van der Waals surface area (Å²) >= 11 is 0. The van der Waals surface area contributed by atoms with E-state index in [1.165, 1.54) is 23.8 Å². The van der Waals surface area contributed by atoms with E-state index in [1.807, 2.05) is 38.1 Å². The first kappa shape index (κ1) is 26.3. The first-order valence-corrected chi connectivity index (χ1v) is 11.3. The summed E-state index contributed by atoms with van der Waals surface area (Å²) in [4.78, 5) is 9.01. The van der Waals surface area contributed by atoms with Crippen LogP contribution in [0.1, 0.15) is 40.2 Å². The lowest BCUT2D eigenvalue weighted by Gasteiger charge is -2.21. The Hall–Kier alpha value is -3.33. The maximum atomic E-state index is 12.7. The molecule has 0 unspecified atom stereocenters. The van der Waals surface area contributed by atoms with Gasteiger partial charge < -0.3 is 20.5 Å². The van der Waals surface area contributed by atoms with Gasteiger partial charge in [0.25, 0.3) is 0 Å². The van der Waals surface area contributed by atoms with Crippen molar-refractivity contribution in [1.29, 1.82) is 0 Å². The number of hydrogen-bond donors (Lipinski definition) is 3. The van der Waals surface area contributed by atoms with E-state index in [-0.39, 0.29) is 35.7 Å². The third-order valence-electron chi connectivity index (χ3n) is 5.43. The Morgan fingerprint density at radius 2 is 1.66 bits per heavy atom. The minimum Gasteiger partial charge on any atom is -0.406 e. The fraction of sp³-hybridized carbons (Fsp3) is 0.385. The van der Waals surface area contributed by atoms with Crippen LogP contribution in [0.5, 0.6) is 5.75 Å². The minimum atomic E-state index is -4.80. The highest BCUT2D eigenvalue weighted by Gasteiger charge is 2.31. The minimum absolute atomic E-state index is 0.0113. The van der Waals surface area contributed by atoms with Gasteiger partial charge in [0, 0.05) is 17.3 Å². The molecule has 0 saturated carbocycles. The SMILES string of the molecule is CC(C)[C@@H](CO)Nc1nc(Nc2ccc(C(C)(C)C)cc2)cc(-c2cccc(OC(F)(F)F)c2)n1. The monoisotopic (exact) mass is 488 g/mol. The molecule has 0 aliphatic rings. The van der Waals surface area contributed by atoms with Crippen LogP contribution in [0.3, 0.4) is 0 Å². The van der Waals surface area contributed by atoms with Crippen molar-refractivity contribution in [2.24, 2.45) is 5.92 Å². The molecule has 2 aromatic carbocycles. The molecule has 1 heterocycles. The molecular weight excluding hydrogens is 457 g/mol. The van der Waals surface area contributed by atoms with E-state index < -0.39 is 6.36 Å². The lowest BCUT2D eigenvalue weighted by molar-refractivity contribution is -0.274. The number of aliphatic hydroxyl groups is 1. The summed E-state index contributed by atoms with van der Waals surface area (Å²) < 4.78 is 42.2. The molecule has 35 heavy (non-hydrogen) atoms. The van der Waals surface area contributed by atoms with Crippen molar-refractivity contribution in [1.82, 2.24) is 9.97 Å². The second-order valence-electron chi connectivity index (χ2n) is 9.67. The summed E-state index contributed by atoms with van der Waals surface area (Å²) in [6.45, 7) is 10.2. The van der Waals surface area contributed by atoms with E-state index in [2.05, 4.69) is 46.1 Å². The van der Waals surface area contributed by atoms with Gasteiger partial charge in [-0.2, -0.15) is 4.98 Å². The van der Waals surface area contributed by atoms with Gasteiger partial charge >= 0.3 is 6.36 Å². The van der Waals surface area contributed by atoms with Crippen molar-refractivity contribution >= 4 is 17.5 Å². The number of anilines is 3. The molecule has 0 spiro atoms. The van der Waals surface area contributed by atoms with Gasteiger partial charge in [0.1, 0.15) is 11.6 Å². The van der Waals surface area contributed by atoms with Crippen LogP contribution in [0.15, 0.2) is 54.6 Å². The number of halogens is 3. The van der Waals surface area contributed by atoms with Gasteiger partial charge in [0.2, 0.25) is 5.95 Å². The van der Waals surface area contributed by atoms with Gasteiger partial charge in [-0.3, -0.25) is 0 Å². The molecule has 0 bridgehead atoms. The molecule has 0 amide bonds. The molecule has 1 aromatic heterocycles. The van der Waals surface area contributed by atoms with Crippen LogP contribution in [-0.2, 0) is 5.41 Å². The average molecular weight is 489 g/mol. The van der Waals surface area contributed by atoms with E-state index in [9.17, 15) is 18.3 Å². The topological polar surface area (TPSA) is 79.3 Å². The molecular formula is C26H31F3N4O2. The Labute approximate surface area is 203 Å². The fourth-order valence-corrected chi connectivity index (χ4v) is 3.37. The second kappa shape index (κ2) is 10.5. The third-order valence-corrected chi connectivity index (χ3v) is 5.43. The summed E-state index contributed by atoms with van der Waals surface area (Å²) in [7, 11) is 0. The highest BCUT2D eigenvalue weighted by atomic mass is 19.4. The number of rotatable bonds is 8. The second-order valence-corrected chi connectivity index (χ2v) is 9.67. The molecule has 0 aliphatic heterocycles. The highest BCUT2D eigenvalue weighted by molar-refractivity contribution is 5.68. The smallest absolute Gasteiger partial charge is 0.406 e. The van der Waals surface area contributed by atoms with Crippen molar-refractivity contribution in [3.63, 3.8) is 0 Å². The van der Waals surface area contributed by atoms with Crippen LogP contribution in [0.25, 0.3) is 11.3 Å². The number of aromatic nitrogens is 2. The number of nitrogens with one attached hydrogen (secondary N) is 2. The third kappa shape index (κ3) is 7.58. The first-order valence-electron chi connectivity index (χ1n) is 11.3. The molecule has 0 fully saturated rings. The number of hydrogen-bond acceptors (Lipinski definition) is 6. The Morgan fingerprint density at radius 1 is 0.971 bits per heavy atom. The highest BCUT2D eigenvalue weighted by Crippen LogP contribution is 2.30. The van der Waals surface area contributed by atoms with E-state index >= 15 is 0 Å². The van der Waals surface area contributed by atoms with Crippen LogP contribution in [0, 0.1) is 5.92 Å². The average Bonchev–Trinajstić information content (AvgIpc) is 2.76. The summed E-state index contributed by atoms with van der Waals surface area (Å²) in [5.74, 6) is 0.442. The zero-order valence-corrected chi connectivity index (χ0v) is 20.4. The predicted molar refractivity (Wildman–Crippen MR) is 132 cm³/mol. The maximum Gasteiger partial charge on any atom is 0.573 e. The molecule has 3 rings (SSSR count). The zero-order valence-electron chi connectivity index (χ0n) is 20.4. The summed E-state index contributed by atoms with van der Waals surface area (Å²) in [6.07, 6.45) is -4.80. The van der Waals surface area contributed by atoms with Crippen LogP contribution in [0.2, 0.25) is 0 Å². The van der Waals surface area contributed by atoms with E-state index in [4.69, 9.17) is 0 Å². The molecule has 1 atom stereocenters. The largest absolute Gasteiger partial charge is 0.573 e. The van der Waals surface area contributed by atoms with Gasteiger partial charge in [-0.05, 0) is 41.2 Å². The van der Waals surface area contributed by atoms with E-state index in [0.717, 1.165) is 5.69 Å². The van der Waals surface area contributed by atoms with Crippen LogP contribution < -0.4 is 15.4 Å². The number of nitrogens with zero attached hydrogens (tertiary/aromatic N) is 2. The lowest BCUT2D eigenvalue weighted by Crippen LogP contribution is -2.30. The Balaban J connectivity index is 1.98. The van der Waals surface area contributed by atoms with Gasteiger partial charge in [-0.1, -0.05) is 58.9 Å². The molecule has 6 nitrogen and oxygen atoms in total. The molecule has 0 aliphatic carbocycles. The van der Waals surface area contributed by atoms with Crippen molar-refractivity contribution in [3.05, 3.63) is 60.2 Å². The van der Waals surface area contributed by atoms with Gasteiger partial charge in [-0.25, -0.2) is 4.98 Å². The quantitative estimate of drug-likeness (QED) is 0.335. The molecule has 3 N–H and O–H groups in total. The van der Waals surface area contributed by atoms with E-state index in [0.29, 0.717) is 17.1 Å². The Kier molecular flexibility index (Phi) is 7.90. The number of ether oxygens (including phenoxy) is 1. The normalized spacial score (nSPS) is 13.0. The van der Waals surface area contributed by atoms with Crippen molar-refractivity contribution in [2.75, 3.05) is 17.2 Å². The van der Waals surface area contributed by atoms with Gasteiger partial charge in [0.15, 0.2) is 0 Å². The van der Waals surface area contributed by atoms with Crippen LogP contribution in [-0.4, -0.2) is 34.1 Å². The number of aliphatic hydroxyl groups excluding tert-OH is 1. The van der Waals surface area contributed by atoms with Crippen LogP contribution >= 0.6 is 0 Å². The van der Waals surface area contributed by atoms with Crippen molar-refractivity contribution in [2.45, 2.75) is 52.4 Å². The predicted octanol–water partition coefficient (Wildman–Crippen LogP) is 6.51. The van der Waals surface area contributed by atoms with Crippen LogP contribution in [0.4, 0.5) is 30.6 Å². The molecule has 9 heteroatoms. The summed E-state index contributed by atoms with van der Waals surface area (Å²) in [5.41, 5.74) is 2.80. The van der Waals surface area contributed by atoms with Gasteiger partial charge in [-0.15, -0.1) is 13.2 Å². The number of benzene rings is 2. The Bertz CT molecular complexity index is 1130. The zero-order chi connectivity index (χ0) is 25.8. The molecule has 3 aromatic rings. The molecule has 0 saturated heterocycles. The van der Waals surface area contributed by atoms with E-state index in [1.54, 1.807) is 12.1 Å². The molecule has 188 valence electrons. The maximum absolute atomic E-state index is 12.7. The first-order chi connectivity index (χ1) is 16.3. The molecule has 0 radical (unpaired) electrons. The number of alkyl halides is 3. The summed E-state index contributed by atoms with van der Waals surface area (Å²) in [5, 5.41) is 16.1. The lowest BCUT2D eigenvalue weighted by atomic mass is 9.87. The standard InChI is InChI=1S/C26H31F3N4O2/c1-16(2)22(15-34)32-24-31-21(17-7-6-8-20(13-17)35-26(27,28)29)14-23(33-24)30-19-11-9-18(10-12-19)25(3,4)5/h6-14,16,22,34H,15H2,1-5H3,(H2,30,31,32,33)/t22-/m1/s1. The van der Waals surface area contributed by atoms with Crippen molar-refractivity contribution in [3.8, 4) is 17.0 Å². The fourth-order valence-electron chi connectivity index (χ4n) is 3.37. The Morgan fingerprint density at radius 3 is 2.23 bits per heavy atom. The van der Waals surface area contributed by atoms with Gasteiger partial charge in [0.05, 0.1) is 18.3 Å². The summed E-state index contributed by atoms with van der Waals surface area (Å²) in [6, 6.07) is 14.9. The van der Waals surface area contributed by atoms with Crippen molar-refractivity contribution < 1.29 is 23.0 Å².